The first-order chi connectivity index (χ1) is 12.4. The minimum atomic E-state index is -0.723. The SMILES string of the molecule is CC(=O)c1cccc(OCC(=O)Oc2ccc(F)c3c2C(=O)CC3C)c1. The second-order valence-corrected chi connectivity index (χ2v) is 6.21. The topological polar surface area (TPSA) is 69.7 Å². The van der Waals surface area contributed by atoms with E-state index in [9.17, 15) is 18.8 Å². The van der Waals surface area contributed by atoms with Crippen molar-refractivity contribution in [2.24, 2.45) is 0 Å². The van der Waals surface area contributed by atoms with E-state index in [0.29, 0.717) is 11.3 Å². The van der Waals surface area contributed by atoms with E-state index < -0.39 is 18.4 Å². The van der Waals surface area contributed by atoms with E-state index in [-0.39, 0.29) is 40.8 Å². The molecule has 0 aliphatic heterocycles. The maximum Gasteiger partial charge on any atom is 0.349 e. The summed E-state index contributed by atoms with van der Waals surface area (Å²) in [7, 11) is 0. The number of hydrogen-bond acceptors (Lipinski definition) is 5. The van der Waals surface area contributed by atoms with Gasteiger partial charge in [0.2, 0.25) is 0 Å². The number of rotatable bonds is 5. The van der Waals surface area contributed by atoms with Gasteiger partial charge in [0.15, 0.2) is 18.2 Å². The Balaban J connectivity index is 1.71. The van der Waals surface area contributed by atoms with Crippen LogP contribution in [0.15, 0.2) is 36.4 Å². The van der Waals surface area contributed by atoms with Crippen LogP contribution in [0.1, 0.15) is 52.5 Å². The highest BCUT2D eigenvalue weighted by atomic mass is 19.1. The van der Waals surface area contributed by atoms with E-state index in [1.807, 2.05) is 0 Å². The number of ether oxygens (including phenoxy) is 2. The summed E-state index contributed by atoms with van der Waals surface area (Å²) in [4.78, 5) is 35.5. The van der Waals surface area contributed by atoms with Crippen LogP contribution in [0, 0.1) is 5.82 Å². The van der Waals surface area contributed by atoms with Crippen LogP contribution in [-0.4, -0.2) is 24.1 Å². The van der Waals surface area contributed by atoms with Crippen molar-refractivity contribution in [3.63, 3.8) is 0 Å². The molecule has 0 spiro atoms. The fraction of sp³-hybridized carbons (Fsp3) is 0.250. The van der Waals surface area contributed by atoms with E-state index >= 15 is 0 Å². The molecule has 0 radical (unpaired) electrons. The molecular weight excluding hydrogens is 339 g/mol. The molecule has 2 aromatic rings. The second kappa shape index (κ2) is 7.07. The molecule has 0 N–H and O–H groups in total. The van der Waals surface area contributed by atoms with Crippen molar-refractivity contribution in [1.82, 2.24) is 0 Å². The molecule has 0 amide bonds. The molecule has 6 heteroatoms. The van der Waals surface area contributed by atoms with Crippen LogP contribution in [-0.2, 0) is 4.79 Å². The quantitative estimate of drug-likeness (QED) is 0.464. The van der Waals surface area contributed by atoms with Crippen LogP contribution in [0.2, 0.25) is 0 Å². The zero-order chi connectivity index (χ0) is 18.8. The largest absolute Gasteiger partial charge is 0.482 e. The average Bonchev–Trinajstić information content (AvgIpc) is 2.91. The number of ketones is 2. The Morgan fingerprint density at radius 3 is 2.73 bits per heavy atom. The van der Waals surface area contributed by atoms with E-state index in [4.69, 9.17) is 9.47 Å². The summed E-state index contributed by atoms with van der Waals surface area (Å²) in [5.41, 5.74) is 0.881. The predicted octanol–water partition coefficient (Wildman–Crippen LogP) is 3.70. The van der Waals surface area contributed by atoms with E-state index in [0.717, 1.165) is 0 Å². The monoisotopic (exact) mass is 356 g/mol. The lowest BCUT2D eigenvalue weighted by molar-refractivity contribution is -0.136. The van der Waals surface area contributed by atoms with Crippen LogP contribution in [0.3, 0.4) is 0 Å². The summed E-state index contributed by atoms with van der Waals surface area (Å²) in [6, 6.07) is 8.88. The van der Waals surface area contributed by atoms with Crippen molar-refractivity contribution >= 4 is 17.5 Å². The molecule has 0 aromatic heterocycles. The lowest BCUT2D eigenvalue weighted by Crippen LogP contribution is -2.19. The fourth-order valence-corrected chi connectivity index (χ4v) is 3.01. The Kier molecular flexibility index (Phi) is 4.84. The minimum Gasteiger partial charge on any atom is -0.482 e. The normalized spacial score (nSPS) is 15.5. The molecular formula is C20H17FO5. The highest BCUT2D eigenvalue weighted by Crippen LogP contribution is 2.39. The Morgan fingerprint density at radius 2 is 2.00 bits per heavy atom. The standard InChI is InChI=1S/C20H17FO5/c1-11-8-16(23)20-17(7-6-15(21)19(11)20)26-18(24)10-25-14-5-3-4-13(9-14)12(2)22/h3-7,9,11H,8,10H2,1-2H3. The third-order valence-corrected chi connectivity index (χ3v) is 4.24. The van der Waals surface area contributed by atoms with Gasteiger partial charge in [0.1, 0.15) is 17.3 Å². The van der Waals surface area contributed by atoms with Crippen molar-refractivity contribution < 1.29 is 28.2 Å². The highest BCUT2D eigenvalue weighted by molar-refractivity contribution is 6.04. The fourth-order valence-electron chi connectivity index (χ4n) is 3.01. The predicted molar refractivity (Wildman–Crippen MR) is 91.3 cm³/mol. The maximum atomic E-state index is 14.0. The molecule has 1 aliphatic rings. The van der Waals surface area contributed by atoms with Gasteiger partial charge in [-0.3, -0.25) is 9.59 Å². The number of halogens is 1. The molecule has 3 rings (SSSR count). The van der Waals surface area contributed by atoms with Gasteiger partial charge in [-0.05, 0) is 37.1 Å². The average molecular weight is 356 g/mol. The van der Waals surface area contributed by atoms with Crippen molar-refractivity contribution in [3.8, 4) is 11.5 Å². The molecule has 1 atom stereocenters. The smallest absolute Gasteiger partial charge is 0.349 e. The van der Waals surface area contributed by atoms with Gasteiger partial charge >= 0.3 is 5.97 Å². The Bertz CT molecular complexity index is 903. The first-order valence-corrected chi connectivity index (χ1v) is 8.17. The van der Waals surface area contributed by atoms with Gasteiger partial charge in [-0.2, -0.15) is 0 Å². The van der Waals surface area contributed by atoms with E-state index in [1.165, 1.54) is 25.1 Å². The zero-order valence-electron chi connectivity index (χ0n) is 14.4. The van der Waals surface area contributed by atoms with Gasteiger partial charge in [-0.15, -0.1) is 0 Å². The highest BCUT2D eigenvalue weighted by Gasteiger charge is 2.33. The summed E-state index contributed by atoms with van der Waals surface area (Å²) in [6.07, 6.45) is 0.190. The lowest BCUT2D eigenvalue weighted by atomic mass is 10.0. The van der Waals surface area contributed by atoms with Crippen LogP contribution in [0.25, 0.3) is 0 Å². The lowest BCUT2D eigenvalue weighted by Gasteiger charge is -2.11. The third-order valence-electron chi connectivity index (χ3n) is 4.24. The molecule has 0 fully saturated rings. The summed E-state index contributed by atoms with van der Waals surface area (Å²) >= 11 is 0. The number of esters is 1. The van der Waals surface area contributed by atoms with Crippen LogP contribution >= 0.6 is 0 Å². The Hall–Kier alpha value is -3.02. The van der Waals surface area contributed by atoms with Gasteiger partial charge in [-0.1, -0.05) is 19.1 Å². The minimum absolute atomic E-state index is 0.0434. The molecule has 0 saturated carbocycles. The van der Waals surface area contributed by atoms with Crippen molar-refractivity contribution in [3.05, 3.63) is 58.9 Å². The summed E-state index contributed by atoms with van der Waals surface area (Å²) in [5.74, 6) is -1.42. The Labute approximate surface area is 149 Å². The summed E-state index contributed by atoms with van der Waals surface area (Å²) < 4.78 is 24.5. The van der Waals surface area contributed by atoms with E-state index in [1.54, 1.807) is 25.1 Å². The Morgan fingerprint density at radius 1 is 1.23 bits per heavy atom. The molecule has 0 saturated heterocycles. The van der Waals surface area contributed by atoms with Crippen LogP contribution in [0.4, 0.5) is 4.39 Å². The second-order valence-electron chi connectivity index (χ2n) is 6.21. The number of carbonyl (C=O) groups is 3. The molecule has 2 aromatic carbocycles. The number of Topliss-reactive ketones (excluding diaryl/α,β-unsaturated/α-hetero) is 2. The van der Waals surface area contributed by atoms with Crippen molar-refractivity contribution in [1.29, 1.82) is 0 Å². The molecule has 134 valence electrons. The maximum absolute atomic E-state index is 14.0. The molecule has 5 nitrogen and oxygen atoms in total. The number of benzene rings is 2. The molecule has 1 unspecified atom stereocenters. The van der Waals surface area contributed by atoms with Crippen molar-refractivity contribution in [2.75, 3.05) is 6.61 Å². The van der Waals surface area contributed by atoms with Gasteiger partial charge in [0, 0.05) is 17.5 Å². The first-order valence-electron chi connectivity index (χ1n) is 8.17. The van der Waals surface area contributed by atoms with Gasteiger partial charge in [-0.25, -0.2) is 9.18 Å². The van der Waals surface area contributed by atoms with Gasteiger partial charge in [0.25, 0.3) is 0 Å². The first kappa shape index (κ1) is 17.8. The molecule has 26 heavy (non-hydrogen) atoms. The molecule has 0 heterocycles. The summed E-state index contributed by atoms with van der Waals surface area (Å²) in [5, 5.41) is 0. The summed E-state index contributed by atoms with van der Waals surface area (Å²) in [6.45, 7) is 2.78. The number of carbonyl (C=O) groups excluding carboxylic acids is 3. The number of fused-ring (bicyclic) bond motifs is 1. The van der Waals surface area contributed by atoms with Crippen molar-refractivity contribution in [2.45, 2.75) is 26.2 Å². The van der Waals surface area contributed by atoms with Crippen LogP contribution < -0.4 is 9.47 Å². The molecule has 0 bridgehead atoms. The third kappa shape index (κ3) is 3.49. The van der Waals surface area contributed by atoms with Gasteiger partial charge in [0.05, 0.1) is 5.56 Å². The number of hydrogen-bond donors (Lipinski definition) is 0. The van der Waals surface area contributed by atoms with Crippen LogP contribution in [0.5, 0.6) is 11.5 Å². The zero-order valence-corrected chi connectivity index (χ0v) is 14.4. The van der Waals surface area contributed by atoms with Gasteiger partial charge < -0.3 is 9.47 Å². The molecule has 1 aliphatic carbocycles. The van der Waals surface area contributed by atoms with E-state index in [2.05, 4.69) is 0 Å².